The molecule has 78 valence electrons. The molecule has 0 spiro atoms. The normalized spacial score (nSPS) is 10.5. The van der Waals surface area contributed by atoms with Crippen LogP contribution in [0.5, 0.6) is 0 Å². The summed E-state index contributed by atoms with van der Waals surface area (Å²) in [5.41, 5.74) is 6.67. The minimum atomic E-state index is 0.799. The Hall–Kier alpha value is -1.42. The first-order chi connectivity index (χ1) is 7.31. The Balaban J connectivity index is 2.26. The number of nitrogens with two attached hydrogens (primary N) is 1. The Labute approximate surface area is 93.3 Å². The molecule has 1 aromatic carbocycles. The summed E-state index contributed by atoms with van der Waals surface area (Å²) in [7, 11) is 0. The van der Waals surface area contributed by atoms with Gasteiger partial charge < -0.3 is 10.3 Å². The first-order valence-electron chi connectivity index (χ1n) is 4.84. The second-order valence-electron chi connectivity index (χ2n) is 3.14. The van der Waals surface area contributed by atoms with Crippen LogP contribution in [0.1, 0.15) is 6.92 Å². The van der Waals surface area contributed by atoms with Crippen molar-refractivity contribution in [1.29, 1.82) is 0 Å². The molecular weight excluding hydrogens is 206 g/mol. The Kier molecular flexibility index (Phi) is 2.97. The minimum Gasteiger partial charge on any atom is -0.398 e. The van der Waals surface area contributed by atoms with E-state index in [-0.39, 0.29) is 0 Å². The highest BCUT2D eigenvalue weighted by molar-refractivity contribution is 7.99. The fraction of sp³-hybridized carbons (Fsp3) is 0.182. The van der Waals surface area contributed by atoms with Gasteiger partial charge in [0, 0.05) is 29.5 Å². The lowest BCUT2D eigenvalue weighted by Crippen LogP contribution is -1.95. The third-order valence-corrected chi connectivity index (χ3v) is 3.25. The number of hydrogen-bond donors (Lipinski definition) is 1. The molecule has 2 aromatic rings. The van der Waals surface area contributed by atoms with Crippen LogP contribution >= 0.6 is 11.8 Å². The number of benzene rings is 1. The molecule has 0 fully saturated rings. The molecular formula is C11H13N3S. The van der Waals surface area contributed by atoms with Gasteiger partial charge in [-0.2, -0.15) is 0 Å². The summed E-state index contributed by atoms with van der Waals surface area (Å²) in [6, 6.07) is 7.83. The van der Waals surface area contributed by atoms with Crippen molar-refractivity contribution >= 4 is 17.4 Å². The van der Waals surface area contributed by atoms with Gasteiger partial charge in [0.05, 0.1) is 0 Å². The van der Waals surface area contributed by atoms with E-state index in [2.05, 4.69) is 16.5 Å². The second-order valence-corrected chi connectivity index (χ2v) is 4.14. The SMILES string of the molecule is CCn1ccnc1Sc1ccccc1N. The largest absolute Gasteiger partial charge is 0.398 e. The number of aromatic nitrogens is 2. The predicted octanol–water partition coefficient (Wildman–Crippen LogP) is 2.64. The van der Waals surface area contributed by atoms with Gasteiger partial charge in [0.1, 0.15) is 0 Å². The van der Waals surface area contributed by atoms with Crippen molar-refractivity contribution in [3.8, 4) is 0 Å². The third kappa shape index (κ3) is 2.15. The van der Waals surface area contributed by atoms with Crippen LogP contribution in [0.25, 0.3) is 0 Å². The van der Waals surface area contributed by atoms with Gasteiger partial charge in [-0.3, -0.25) is 0 Å². The Morgan fingerprint density at radius 2 is 2.20 bits per heavy atom. The molecule has 0 saturated heterocycles. The molecule has 0 atom stereocenters. The third-order valence-electron chi connectivity index (χ3n) is 2.14. The highest BCUT2D eigenvalue weighted by atomic mass is 32.2. The molecule has 0 bridgehead atoms. The van der Waals surface area contributed by atoms with Crippen LogP contribution in [0.15, 0.2) is 46.7 Å². The molecule has 0 aliphatic heterocycles. The first-order valence-corrected chi connectivity index (χ1v) is 5.66. The number of nitrogens with zero attached hydrogens (tertiary/aromatic N) is 2. The Morgan fingerprint density at radius 1 is 1.40 bits per heavy atom. The van der Waals surface area contributed by atoms with E-state index in [1.807, 2.05) is 36.7 Å². The minimum absolute atomic E-state index is 0.799. The van der Waals surface area contributed by atoms with Gasteiger partial charge in [-0.1, -0.05) is 12.1 Å². The smallest absolute Gasteiger partial charge is 0.172 e. The van der Waals surface area contributed by atoms with Crippen LogP contribution in [0.4, 0.5) is 5.69 Å². The van der Waals surface area contributed by atoms with Crippen LogP contribution in [-0.2, 0) is 6.54 Å². The van der Waals surface area contributed by atoms with Gasteiger partial charge >= 0.3 is 0 Å². The molecule has 15 heavy (non-hydrogen) atoms. The molecule has 1 heterocycles. The average Bonchev–Trinajstić information content (AvgIpc) is 2.69. The fourth-order valence-electron chi connectivity index (χ4n) is 1.31. The molecule has 4 heteroatoms. The van der Waals surface area contributed by atoms with Gasteiger partial charge in [-0.25, -0.2) is 4.98 Å². The van der Waals surface area contributed by atoms with Crippen LogP contribution in [0.3, 0.4) is 0 Å². The van der Waals surface area contributed by atoms with Gasteiger partial charge in [0.25, 0.3) is 0 Å². The summed E-state index contributed by atoms with van der Waals surface area (Å²) in [5, 5.41) is 0.982. The van der Waals surface area contributed by atoms with Gasteiger partial charge in [0.2, 0.25) is 0 Å². The van der Waals surface area contributed by atoms with Crippen LogP contribution in [0.2, 0.25) is 0 Å². The maximum absolute atomic E-state index is 5.87. The van der Waals surface area contributed by atoms with Gasteiger partial charge in [-0.05, 0) is 30.8 Å². The highest BCUT2D eigenvalue weighted by Gasteiger charge is 2.05. The number of nitrogen functional groups attached to an aromatic ring is 1. The van der Waals surface area contributed by atoms with Crippen LogP contribution < -0.4 is 5.73 Å². The average molecular weight is 219 g/mol. The van der Waals surface area contributed by atoms with Crippen LogP contribution in [-0.4, -0.2) is 9.55 Å². The van der Waals surface area contributed by atoms with E-state index in [4.69, 9.17) is 5.73 Å². The monoisotopic (exact) mass is 219 g/mol. The van der Waals surface area contributed by atoms with Crippen molar-refractivity contribution in [2.24, 2.45) is 0 Å². The summed E-state index contributed by atoms with van der Waals surface area (Å²) >= 11 is 1.60. The number of aryl methyl sites for hydroxylation is 1. The molecule has 2 N–H and O–H groups in total. The summed E-state index contributed by atoms with van der Waals surface area (Å²) in [6.07, 6.45) is 3.78. The fourth-order valence-corrected chi connectivity index (χ4v) is 2.26. The number of para-hydroxylation sites is 1. The molecule has 0 saturated carbocycles. The van der Waals surface area contributed by atoms with Crippen molar-refractivity contribution in [2.75, 3.05) is 5.73 Å². The van der Waals surface area contributed by atoms with E-state index in [9.17, 15) is 0 Å². The number of rotatable bonds is 3. The van der Waals surface area contributed by atoms with E-state index >= 15 is 0 Å². The molecule has 0 aliphatic carbocycles. The molecule has 2 rings (SSSR count). The van der Waals surface area contributed by atoms with E-state index in [0.29, 0.717) is 0 Å². The van der Waals surface area contributed by atoms with E-state index in [0.717, 1.165) is 22.3 Å². The topological polar surface area (TPSA) is 43.8 Å². The maximum Gasteiger partial charge on any atom is 0.172 e. The van der Waals surface area contributed by atoms with Crippen LogP contribution in [0, 0.1) is 0 Å². The second kappa shape index (κ2) is 4.40. The van der Waals surface area contributed by atoms with Gasteiger partial charge in [-0.15, -0.1) is 0 Å². The lowest BCUT2D eigenvalue weighted by Gasteiger charge is -2.05. The van der Waals surface area contributed by atoms with Crippen molar-refractivity contribution in [3.05, 3.63) is 36.7 Å². The highest BCUT2D eigenvalue weighted by Crippen LogP contribution is 2.30. The number of hydrogen-bond acceptors (Lipinski definition) is 3. The molecule has 0 unspecified atom stereocenters. The summed E-state index contributed by atoms with van der Waals surface area (Å²) in [4.78, 5) is 5.35. The predicted molar refractivity (Wildman–Crippen MR) is 62.9 cm³/mol. The molecule has 0 aliphatic rings. The van der Waals surface area contributed by atoms with Crippen molar-refractivity contribution in [2.45, 2.75) is 23.5 Å². The molecule has 0 amide bonds. The van der Waals surface area contributed by atoms with Gasteiger partial charge in [0.15, 0.2) is 5.16 Å². The molecule has 0 radical (unpaired) electrons. The van der Waals surface area contributed by atoms with E-state index in [1.165, 1.54) is 0 Å². The maximum atomic E-state index is 5.87. The summed E-state index contributed by atoms with van der Waals surface area (Å²) in [5.74, 6) is 0. The zero-order valence-electron chi connectivity index (χ0n) is 8.55. The van der Waals surface area contributed by atoms with Crippen molar-refractivity contribution in [1.82, 2.24) is 9.55 Å². The van der Waals surface area contributed by atoms with E-state index < -0.39 is 0 Å². The summed E-state index contributed by atoms with van der Waals surface area (Å²) < 4.78 is 2.09. The quantitative estimate of drug-likeness (QED) is 0.807. The zero-order valence-corrected chi connectivity index (χ0v) is 9.37. The lowest BCUT2D eigenvalue weighted by atomic mass is 10.3. The summed E-state index contributed by atoms with van der Waals surface area (Å²) in [6.45, 7) is 3.02. The zero-order chi connectivity index (χ0) is 10.7. The Bertz CT molecular complexity index is 451. The van der Waals surface area contributed by atoms with Crippen molar-refractivity contribution in [3.63, 3.8) is 0 Å². The van der Waals surface area contributed by atoms with E-state index in [1.54, 1.807) is 11.8 Å². The van der Waals surface area contributed by atoms with Crippen molar-refractivity contribution < 1.29 is 0 Å². The number of imidazole rings is 1. The number of anilines is 1. The Morgan fingerprint density at radius 3 is 2.93 bits per heavy atom. The lowest BCUT2D eigenvalue weighted by molar-refractivity contribution is 0.681. The first kappa shape index (κ1) is 10.1. The standard InChI is InChI=1S/C11H13N3S/c1-2-14-8-7-13-11(14)15-10-6-4-3-5-9(10)12/h3-8H,2,12H2,1H3. The molecule has 1 aromatic heterocycles. The molecule has 3 nitrogen and oxygen atoms in total.